The average Bonchev–Trinajstić information content (AvgIpc) is 3.57. The molecule has 0 amide bonds. The van der Waals surface area contributed by atoms with Crippen LogP contribution < -0.4 is 5.32 Å². The Bertz CT molecular complexity index is 1000. The van der Waals surface area contributed by atoms with E-state index in [0.717, 1.165) is 68.9 Å². The molecule has 6 heteroatoms. The fourth-order valence-corrected chi connectivity index (χ4v) is 6.15. The maximum absolute atomic E-state index is 12.4. The maximum Gasteiger partial charge on any atom is 0.325 e. The molecule has 2 aromatic rings. The van der Waals surface area contributed by atoms with Gasteiger partial charge in [-0.1, -0.05) is 43.2 Å². The van der Waals surface area contributed by atoms with Gasteiger partial charge in [-0.25, -0.2) is 4.98 Å². The number of likely N-dealkylation sites (tertiary alicyclic amines) is 1. The zero-order chi connectivity index (χ0) is 24.0. The van der Waals surface area contributed by atoms with E-state index < -0.39 is 12.0 Å². The third-order valence-electron chi connectivity index (χ3n) is 7.99. The summed E-state index contributed by atoms with van der Waals surface area (Å²) in [4.78, 5) is 19.3. The van der Waals surface area contributed by atoms with Gasteiger partial charge in [0.25, 0.3) is 0 Å². The lowest BCUT2D eigenvalue weighted by molar-refractivity contribution is -0.143. The van der Waals surface area contributed by atoms with Crippen molar-refractivity contribution in [3.05, 3.63) is 58.8 Å². The van der Waals surface area contributed by atoms with Gasteiger partial charge in [-0.05, 0) is 80.0 Å². The summed E-state index contributed by atoms with van der Waals surface area (Å²) in [5.74, 6) is 0.824. The number of ether oxygens (including phenoxy) is 1. The van der Waals surface area contributed by atoms with Crippen LogP contribution in [0.1, 0.15) is 85.7 Å². The van der Waals surface area contributed by atoms with Crippen molar-refractivity contribution in [2.24, 2.45) is 0 Å². The number of aromatic nitrogens is 1. The molecular weight excluding hydrogens is 438 g/mol. The largest absolute Gasteiger partial charge is 0.480 e. The molecule has 1 saturated heterocycles. The minimum Gasteiger partial charge on any atom is -0.480 e. The van der Waals surface area contributed by atoms with Gasteiger partial charge in [-0.3, -0.25) is 9.69 Å². The lowest BCUT2D eigenvalue weighted by Crippen LogP contribution is -2.34. The Morgan fingerprint density at radius 2 is 1.97 bits per heavy atom. The SMILES string of the molecule is O=C(O)C(c1ccccc1C1CCCC1)N1CC[C@@H](OCCCCc2ccc3c(n2)NCCC3)C1. The highest BCUT2D eigenvalue weighted by Gasteiger charge is 2.36. The van der Waals surface area contributed by atoms with Crippen LogP contribution >= 0.6 is 0 Å². The molecule has 1 aromatic heterocycles. The average molecular weight is 478 g/mol. The van der Waals surface area contributed by atoms with Crippen molar-refractivity contribution in [3.63, 3.8) is 0 Å². The van der Waals surface area contributed by atoms with Crippen LogP contribution in [0, 0.1) is 0 Å². The Morgan fingerprint density at radius 1 is 1.11 bits per heavy atom. The van der Waals surface area contributed by atoms with Gasteiger partial charge in [0, 0.05) is 31.9 Å². The van der Waals surface area contributed by atoms with Crippen LogP contribution in [-0.2, 0) is 22.4 Å². The number of hydrogen-bond donors (Lipinski definition) is 2. The van der Waals surface area contributed by atoms with E-state index in [2.05, 4.69) is 34.5 Å². The van der Waals surface area contributed by atoms with E-state index in [1.807, 2.05) is 12.1 Å². The number of rotatable bonds is 10. The number of hydrogen-bond acceptors (Lipinski definition) is 5. The van der Waals surface area contributed by atoms with Crippen LogP contribution in [0.25, 0.3) is 0 Å². The second-order valence-corrected chi connectivity index (χ2v) is 10.4. The number of aliphatic carboxylic acids is 1. The summed E-state index contributed by atoms with van der Waals surface area (Å²) in [6.45, 7) is 3.20. The number of aryl methyl sites for hydroxylation is 2. The topological polar surface area (TPSA) is 74.7 Å². The zero-order valence-corrected chi connectivity index (χ0v) is 20.8. The minimum atomic E-state index is -0.747. The van der Waals surface area contributed by atoms with Gasteiger partial charge in [0.2, 0.25) is 0 Å². The van der Waals surface area contributed by atoms with Gasteiger partial charge < -0.3 is 15.2 Å². The number of pyridine rings is 1. The number of fused-ring (bicyclic) bond motifs is 1. The first-order valence-electron chi connectivity index (χ1n) is 13.6. The lowest BCUT2D eigenvalue weighted by Gasteiger charge is -2.28. The zero-order valence-electron chi connectivity index (χ0n) is 20.8. The van der Waals surface area contributed by atoms with Crippen LogP contribution in [-0.4, -0.2) is 53.3 Å². The second kappa shape index (κ2) is 11.5. The highest BCUT2D eigenvalue weighted by atomic mass is 16.5. The van der Waals surface area contributed by atoms with Crippen molar-refractivity contribution in [1.82, 2.24) is 9.88 Å². The molecule has 0 radical (unpaired) electrons. The van der Waals surface area contributed by atoms with Gasteiger partial charge in [0.15, 0.2) is 0 Å². The molecule has 3 heterocycles. The molecule has 188 valence electrons. The number of carbonyl (C=O) groups is 1. The highest BCUT2D eigenvalue weighted by molar-refractivity contribution is 5.76. The van der Waals surface area contributed by atoms with E-state index >= 15 is 0 Å². The molecule has 6 nitrogen and oxygen atoms in total. The molecule has 3 aliphatic rings. The predicted octanol–water partition coefficient (Wildman–Crippen LogP) is 5.34. The third kappa shape index (κ3) is 5.87. The first-order valence-corrected chi connectivity index (χ1v) is 13.6. The molecule has 2 aliphatic heterocycles. The van der Waals surface area contributed by atoms with Crippen LogP contribution in [0.2, 0.25) is 0 Å². The first kappa shape index (κ1) is 24.3. The van der Waals surface area contributed by atoms with Gasteiger partial charge >= 0.3 is 5.97 Å². The molecule has 5 rings (SSSR count). The normalized spacial score (nSPS) is 21.5. The summed E-state index contributed by atoms with van der Waals surface area (Å²) in [6, 6.07) is 12.0. The minimum absolute atomic E-state index is 0.113. The van der Waals surface area contributed by atoms with E-state index in [0.29, 0.717) is 12.5 Å². The number of carboxylic acid groups (broad SMARTS) is 1. The number of benzene rings is 1. The van der Waals surface area contributed by atoms with Crippen molar-refractivity contribution in [3.8, 4) is 0 Å². The molecule has 1 unspecified atom stereocenters. The molecule has 1 saturated carbocycles. The van der Waals surface area contributed by atoms with Gasteiger partial charge in [-0.15, -0.1) is 0 Å². The summed E-state index contributed by atoms with van der Waals surface area (Å²) in [7, 11) is 0. The molecule has 2 atom stereocenters. The summed E-state index contributed by atoms with van der Waals surface area (Å²) < 4.78 is 6.19. The van der Waals surface area contributed by atoms with Crippen LogP contribution in [0.3, 0.4) is 0 Å². The van der Waals surface area contributed by atoms with Crippen molar-refractivity contribution >= 4 is 11.8 Å². The van der Waals surface area contributed by atoms with Crippen LogP contribution in [0.15, 0.2) is 36.4 Å². The number of anilines is 1. The molecule has 1 aromatic carbocycles. The molecule has 35 heavy (non-hydrogen) atoms. The smallest absolute Gasteiger partial charge is 0.325 e. The summed E-state index contributed by atoms with van der Waals surface area (Å²) >= 11 is 0. The number of carboxylic acids is 1. The maximum atomic E-state index is 12.4. The van der Waals surface area contributed by atoms with Crippen LogP contribution in [0.5, 0.6) is 0 Å². The van der Waals surface area contributed by atoms with Crippen LogP contribution in [0.4, 0.5) is 5.82 Å². The molecule has 2 N–H and O–H groups in total. The summed E-state index contributed by atoms with van der Waals surface area (Å²) in [5, 5.41) is 13.6. The monoisotopic (exact) mass is 477 g/mol. The van der Waals surface area contributed by atoms with E-state index in [1.165, 1.54) is 43.2 Å². The van der Waals surface area contributed by atoms with Gasteiger partial charge in [-0.2, -0.15) is 0 Å². The fraction of sp³-hybridized carbons (Fsp3) is 0.586. The Labute approximate surface area is 209 Å². The van der Waals surface area contributed by atoms with Crippen molar-refractivity contribution < 1.29 is 14.6 Å². The van der Waals surface area contributed by atoms with E-state index in [1.54, 1.807) is 0 Å². The van der Waals surface area contributed by atoms with E-state index in [9.17, 15) is 9.90 Å². The number of nitrogens with zero attached hydrogens (tertiary/aromatic N) is 2. The summed E-state index contributed by atoms with van der Waals surface area (Å²) in [6.07, 6.45) is 11.2. The highest BCUT2D eigenvalue weighted by Crippen LogP contribution is 2.39. The standard InChI is InChI=1S/C29H39N3O3/c33-29(34)27(26-13-4-3-12-25(26)21-8-1-2-9-21)32-18-16-24(20-32)35-19-6-5-11-23-15-14-22-10-7-17-30-28(22)31-23/h3-4,12-15,21,24,27H,1-2,5-11,16-20H2,(H,30,31)(H,33,34)/t24-,27?/m1/s1. The third-order valence-corrected chi connectivity index (χ3v) is 7.99. The molecule has 0 spiro atoms. The van der Waals surface area contributed by atoms with Gasteiger partial charge in [0.1, 0.15) is 11.9 Å². The van der Waals surface area contributed by atoms with Gasteiger partial charge in [0.05, 0.1) is 6.10 Å². The predicted molar refractivity (Wildman–Crippen MR) is 138 cm³/mol. The Morgan fingerprint density at radius 3 is 2.83 bits per heavy atom. The second-order valence-electron chi connectivity index (χ2n) is 10.4. The molecule has 2 fully saturated rings. The number of unbranched alkanes of at least 4 members (excludes halogenated alkanes) is 1. The quantitative estimate of drug-likeness (QED) is 0.450. The van der Waals surface area contributed by atoms with Crippen molar-refractivity contribution in [1.29, 1.82) is 0 Å². The van der Waals surface area contributed by atoms with E-state index in [4.69, 9.17) is 9.72 Å². The Hall–Kier alpha value is -2.44. The first-order chi connectivity index (χ1) is 17.2. The van der Waals surface area contributed by atoms with Crippen molar-refractivity contribution in [2.75, 3.05) is 31.6 Å². The molecule has 0 bridgehead atoms. The lowest BCUT2D eigenvalue weighted by atomic mass is 9.89. The van der Waals surface area contributed by atoms with Crippen molar-refractivity contribution in [2.45, 2.75) is 82.3 Å². The Balaban J connectivity index is 1.10. The van der Waals surface area contributed by atoms with E-state index in [-0.39, 0.29) is 6.10 Å². The molecular formula is C29H39N3O3. The Kier molecular flexibility index (Phi) is 7.99. The fourth-order valence-electron chi connectivity index (χ4n) is 6.15. The summed E-state index contributed by atoms with van der Waals surface area (Å²) in [5.41, 5.74) is 4.71. The number of nitrogens with one attached hydrogen (secondary N) is 1. The molecule has 1 aliphatic carbocycles.